The van der Waals surface area contributed by atoms with Crippen LogP contribution >= 0.6 is 11.6 Å². The lowest BCUT2D eigenvalue weighted by molar-refractivity contribution is -0.149. The average molecular weight is 359 g/mol. The molecule has 0 spiro atoms. The summed E-state index contributed by atoms with van der Waals surface area (Å²) in [7, 11) is 0. The number of esters is 1. The van der Waals surface area contributed by atoms with Crippen molar-refractivity contribution in [3.05, 3.63) is 58.8 Å². The maximum absolute atomic E-state index is 12.2. The molecule has 6 nitrogen and oxygen atoms in total. The van der Waals surface area contributed by atoms with E-state index in [4.69, 9.17) is 21.1 Å². The summed E-state index contributed by atoms with van der Waals surface area (Å²) in [5.74, 6) is -0.0489. The van der Waals surface area contributed by atoms with Crippen LogP contribution in [0.4, 0.5) is 5.82 Å². The zero-order valence-corrected chi connectivity index (χ0v) is 14.1. The molecule has 0 radical (unpaired) electrons. The van der Waals surface area contributed by atoms with Gasteiger partial charge in [0.15, 0.2) is 6.10 Å². The van der Waals surface area contributed by atoms with Gasteiger partial charge in [0, 0.05) is 11.8 Å². The number of hydrogen-bond donors (Lipinski definition) is 1. The van der Waals surface area contributed by atoms with E-state index < -0.39 is 18.0 Å². The monoisotopic (exact) mass is 358 g/mol. The highest BCUT2D eigenvalue weighted by Gasteiger charge is 2.23. The minimum absolute atomic E-state index is 0.100. The zero-order chi connectivity index (χ0) is 17.8. The Labute approximate surface area is 149 Å². The summed E-state index contributed by atoms with van der Waals surface area (Å²) in [5, 5.41) is 3.02. The number of amides is 1. The SMILES string of the molecule is CC(OC(=O)C1=Cc2ccccc2OC1)C(=O)Nc1ccc(Cl)cn1. The second-order valence-electron chi connectivity index (χ2n) is 5.39. The summed E-state index contributed by atoms with van der Waals surface area (Å²) >= 11 is 5.74. The Morgan fingerprint density at radius 3 is 2.84 bits per heavy atom. The van der Waals surface area contributed by atoms with Gasteiger partial charge in [-0.2, -0.15) is 0 Å². The molecular formula is C18H15ClN2O4. The van der Waals surface area contributed by atoms with Crippen molar-refractivity contribution in [2.75, 3.05) is 11.9 Å². The summed E-state index contributed by atoms with van der Waals surface area (Å²) in [6.45, 7) is 1.59. The third kappa shape index (κ3) is 4.16. The molecule has 25 heavy (non-hydrogen) atoms. The molecule has 2 heterocycles. The minimum atomic E-state index is -0.983. The van der Waals surface area contributed by atoms with Gasteiger partial charge in [-0.25, -0.2) is 9.78 Å². The lowest BCUT2D eigenvalue weighted by Crippen LogP contribution is -2.31. The molecular weight excluding hydrogens is 344 g/mol. The number of benzene rings is 1. The van der Waals surface area contributed by atoms with Gasteiger partial charge >= 0.3 is 5.97 Å². The van der Waals surface area contributed by atoms with Crippen LogP contribution in [0.3, 0.4) is 0 Å². The molecule has 7 heteroatoms. The Balaban J connectivity index is 1.61. The quantitative estimate of drug-likeness (QED) is 0.850. The second-order valence-corrected chi connectivity index (χ2v) is 5.83. The van der Waals surface area contributed by atoms with Crippen molar-refractivity contribution in [3.8, 4) is 5.75 Å². The number of anilines is 1. The Bertz CT molecular complexity index is 833. The predicted molar refractivity (Wildman–Crippen MR) is 93.3 cm³/mol. The van der Waals surface area contributed by atoms with Gasteiger partial charge in [0.2, 0.25) is 0 Å². The third-order valence-corrected chi connectivity index (χ3v) is 3.75. The number of carbonyl (C=O) groups excluding carboxylic acids is 2. The Morgan fingerprint density at radius 1 is 1.28 bits per heavy atom. The maximum atomic E-state index is 12.2. The van der Waals surface area contributed by atoms with Gasteiger partial charge in [-0.15, -0.1) is 0 Å². The predicted octanol–water partition coefficient (Wildman–Crippen LogP) is 3.08. The number of para-hydroxylation sites is 1. The fourth-order valence-corrected chi connectivity index (χ4v) is 2.31. The first-order valence-corrected chi connectivity index (χ1v) is 7.96. The molecule has 1 atom stereocenters. The summed E-state index contributed by atoms with van der Waals surface area (Å²) < 4.78 is 10.7. The van der Waals surface area contributed by atoms with E-state index in [-0.39, 0.29) is 6.61 Å². The van der Waals surface area contributed by atoms with Crippen molar-refractivity contribution >= 4 is 35.4 Å². The van der Waals surface area contributed by atoms with Crippen molar-refractivity contribution < 1.29 is 19.1 Å². The first-order chi connectivity index (χ1) is 12.0. The Kier molecular flexibility index (Phi) is 5.00. The van der Waals surface area contributed by atoms with Crippen LogP contribution in [-0.4, -0.2) is 29.6 Å². The molecule has 0 saturated heterocycles. The second kappa shape index (κ2) is 7.36. The molecule has 0 fully saturated rings. The highest BCUT2D eigenvalue weighted by molar-refractivity contribution is 6.30. The lowest BCUT2D eigenvalue weighted by atomic mass is 10.1. The molecule has 0 saturated carbocycles. The van der Waals surface area contributed by atoms with Crippen LogP contribution in [-0.2, 0) is 14.3 Å². The van der Waals surface area contributed by atoms with Crippen LogP contribution in [0.2, 0.25) is 5.02 Å². The molecule has 1 amide bonds. The van der Waals surface area contributed by atoms with E-state index in [1.807, 2.05) is 24.3 Å². The standard InChI is InChI=1S/C18H15ClN2O4/c1-11(17(22)21-16-7-6-14(19)9-20-16)25-18(23)13-8-12-4-2-3-5-15(12)24-10-13/h2-9,11H,10H2,1H3,(H,20,21,22). The van der Waals surface area contributed by atoms with Crippen molar-refractivity contribution in [1.29, 1.82) is 0 Å². The number of carbonyl (C=O) groups is 2. The number of halogens is 1. The first-order valence-electron chi connectivity index (χ1n) is 7.59. The van der Waals surface area contributed by atoms with Crippen LogP contribution in [0.1, 0.15) is 12.5 Å². The van der Waals surface area contributed by atoms with E-state index in [0.717, 1.165) is 5.56 Å². The van der Waals surface area contributed by atoms with Crippen LogP contribution in [0.25, 0.3) is 6.08 Å². The van der Waals surface area contributed by atoms with Gasteiger partial charge in [-0.05, 0) is 31.2 Å². The van der Waals surface area contributed by atoms with Gasteiger partial charge in [-0.3, -0.25) is 4.79 Å². The minimum Gasteiger partial charge on any atom is -0.488 e. The molecule has 1 aliphatic heterocycles. The third-order valence-electron chi connectivity index (χ3n) is 3.53. The molecule has 2 aromatic rings. The van der Waals surface area contributed by atoms with Gasteiger partial charge in [0.25, 0.3) is 5.91 Å². The summed E-state index contributed by atoms with van der Waals surface area (Å²) in [4.78, 5) is 28.3. The molecule has 1 aromatic heterocycles. The van der Waals surface area contributed by atoms with E-state index in [1.165, 1.54) is 13.1 Å². The van der Waals surface area contributed by atoms with Crippen LogP contribution in [0.5, 0.6) is 5.75 Å². The fraction of sp³-hybridized carbons (Fsp3) is 0.167. The number of rotatable bonds is 4. The number of nitrogens with one attached hydrogen (secondary N) is 1. The first kappa shape index (κ1) is 17.0. The van der Waals surface area contributed by atoms with Crippen molar-refractivity contribution in [3.63, 3.8) is 0 Å². The highest BCUT2D eigenvalue weighted by Crippen LogP contribution is 2.26. The molecule has 3 rings (SSSR count). The number of aromatic nitrogens is 1. The van der Waals surface area contributed by atoms with E-state index in [1.54, 1.807) is 18.2 Å². The number of hydrogen-bond acceptors (Lipinski definition) is 5. The number of fused-ring (bicyclic) bond motifs is 1. The van der Waals surface area contributed by atoms with Crippen LogP contribution in [0, 0.1) is 0 Å². The van der Waals surface area contributed by atoms with Crippen LogP contribution in [0.15, 0.2) is 48.2 Å². The maximum Gasteiger partial charge on any atom is 0.338 e. The topological polar surface area (TPSA) is 77.5 Å². The van der Waals surface area contributed by atoms with Gasteiger partial charge in [-0.1, -0.05) is 29.8 Å². The molecule has 128 valence electrons. The largest absolute Gasteiger partial charge is 0.488 e. The Hall–Kier alpha value is -2.86. The van der Waals surface area contributed by atoms with Crippen molar-refractivity contribution in [2.45, 2.75) is 13.0 Å². The van der Waals surface area contributed by atoms with Crippen molar-refractivity contribution in [1.82, 2.24) is 4.98 Å². The number of ether oxygens (including phenoxy) is 2. The molecule has 0 aliphatic carbocycles. The fourth-order valence-electron chi connectivity index (χ4n) is 2.20. The summed E-state index contributed by atoms with van der Waals surface area (Å²) in [6.07, 6.45) is 2.13. The zero-order valence-electron chi connectivity index (χ0n) is 13.4. The molecule has 1 N–H and O–H groups in total. The van der Waals surface area contributed by atoms with Gasteiger partial charge < -0.3 is 14.8 Å². The average Bonchev–Trinajstić information content (AvgIpc) is 2.63. The molecule has 1 unspecified atom stereocenters. The molecule has 0 bridgehead atoms. The van der Waals surface area contributed by atoms with E-state index >= 15 is 0 Å². The molecule has 1 aliphatic rings. The summed E-state index contributed by atoms with van der Waals surface area (Å²) in [6, 6.07) is 10.5. The van der Waals surface area contributed by atoms with Gasteiger partial charge in [0.05, 0.1) is 10.6 Å². The normalized spacial score (nSPS) is 13.8. The van der Waals surface area contributed by atoms with Crippen LogP contribution < -0.4 is 10.1 Å². The summed E-state index contributed by atoms with van der Waals surface area (Å²) in [5.41, 5.74) is 1.14. The number of nitrogens with zero attached hydrogens (tertiary/aromatic N) is 1. The molecule has 1 aromatic carbocycles. The van der Waals surface area contributed by atoms with Gasteiger partial charge in [0.1, 0.15) is 18.2 Å². The van der Waals surface area contributed by atoms with E-state index in [0.29, 0.717) is 22.2 Å². The smallest absolute Gasteiger partial charge is 0.338 e. The van der Waals surface area contributed by atoms with E-state index in [9.17, 15) is 9.59 Å². The Morgan fingerprint density at radius 2 is 2.08 bits per heavy atom. The number of pyridine rings is 1. The highest BCUT2D eigenvalue weighted by atomic mass is 35.5. The lowest BCUT2D eigenvalue weighted by Gasteiger charge is -2.18. The van der Waals surface area contributed by atoms with Crippen molar-refractivity contribution in [2.24, 2.45) is 0 Å². The van der Waals surface area contributed by atoms with E-state index in [2.05, 4.69) is 10.3 Å².